The van der Waals surface area contributed by atoms with E-state index in [4.69, 9.17) is 28.4 Å². The van der Waals surface area contributed by atoms with Crippen molar-refractivity contribution < 1.29 is 89.4 Å². The van der Waals surface area contributed by atoms with Crippen LogP contribution < -0.4 is 5.32 Å². The van der Waals surface area contributed by atoms with E-state index in [-0.39, 0.29) is 18.9 Å². The molecule has 0 aromatic rings. The van der Waals surface area contributed by atoms with Gasteiger partial charge in [0.25, 0.3) is 0 Å². The van der Waals surface area contributed by atoms with Crippen LogP contribution in [-0.2, 0) is 33.2 Å². The van der Waals surface area contributed by atoms with Gasteiger partial charge < -0.3 is 89.9 Å². The number of amides is 1. The van der Waals surface area contributed by atoms with Gasteiger partial charge in [0.15, 0.2) is 18.9 Å². The van der Waals surface area contributed by atoms with Gasteiger partial charge >= 0.3 is 0 Å². The molecule has 0 bridgehead atoms. The van der Waals surface area contributed by atoms with Gasteiger partial charge in [0, 0.05) is 6.42 Å². The standard InChI is InChI=1S/C63H109NO18/c1-3-5-7-9-11-13-15-17-19-21-22-23-24-25-27-29-31-33-35-37-39-41-51(69)64-46(47(68)40-38-36-34-32-30-28-26-20-18-16-14-12-10-8-6-4-2)45-77-61-57(75)54(72)59(49(43-66)79-61)82-63-58(76)55(73)60(50(44-67)80-63)81-62-56(74)53(71)52(70)48(42-65)78-62/h15,17-18,20-22,24-25,30,32,38,40,46-50,52-63,65-68,70-76H,3-14,16,19,23,26-29,31,33-37,39,41-45H2,1-2H3,(H,64,69)/b17-15-,20-18+,22-21-,25-24-,32-30+,40-38+. The lowest BCUT2D eigenvalue weighted by Crippen LogP contribution is -2.66. The van der Waals surface area contributed by atoms with Gasteiger partial charge in [0.1, 0.15) is 73.2 Å². The van der Waals surface area contributed by atoms with E-state index in [2.05, 4.69) is 79.9 Å². The van der Waals surface area contributed by atoms with Gasteiger partial charge in [-0.3, -0.25) is 4.79 Å². The fourth-order valence-electron chi connectivity index (χ4n) is 10.1. The average molecular weight is 1170 g/mol. The fourth-order valence-corrected chi connectivity index (χ4v) is 10.1. The number of nitrogens with one attached hydrogen (secondary N) is 1. The fraction of sp³-hybridized carbons (Fsp3) is 0.794. The molecule has 3 fully saturated rings. The summed E-state index contributed by atoms with van der Waals surface area (Å²) >= 11 is 0. The quantitative estimate of drug-likeness (QED) is 0.0238. The van der Waals surface area contributed by atoms with Gasteiger partial charge in [-0.2, -0.15) is 0 Å². The predicted molar refractivity (Wildman–Crippen MR) is 314 cm³/mol. The summed E-state index contributed by atoms with van der Waals surface area (Å²) in [5, 5.41) is 120. The van der Waals surface area contributed by atoms with E-state index < -0.39 is 124 Å². The Morgan fingerprint density at radius 2 is 0.817 bits per heavy atom. The Morgan fingerprint density at radius 3 is 1.30 bits per heavy atom. The molecule has 0 radical (unpaired) electrons. The zero-order valence-electron chi connectivity index (χ0n) is 49.4. The third kappa shape index (κ3) is 28.6. The van der Waals surface area contributed by atoms with Crippen molar-refractivity contribution in [3.8, 4) is 0 Å². The highest BCUT2D eigenvalue weighted by molar-refractivity contribution is 5.76. The average Bonchev–Trinajstić information content (AvgIpc) is 3.40. The SMILES string of the molecule is CCCCCCC/C=C\C/C=C\C/C=C\CCCCCCCCC(=O)NC(COC1OC(CO)C(OC2OC(CO)C(OC3OC(CO)C(O)C(O)C3O)C(O)C2O)C(O)C1O)C(O)/C=C/CC/C=C/CC/C=C/CCCCCCCC. The number of ether oxygens (including phenoxy) is 6. The van der Waals surface area contributed by atoms with Crippen LogP contribution in [0.4, 0.5) is 0 Å². The highest BCUT2D eigenvalue weighted by Crippen LogP contribution is 2.33. The number of carbonyl (C=O) groups is 1. The summed E-state index contributed by atoms with van der Waals surface area (Å²) in [6.45, 7) is 1.65. The van der Waals surface area contributed by atoms with E-state index in [9.17, 15) is 61.0 Å². The molecule has 0 aliphatic carbocycles. The molecular formula is C63H109NO18. The van der Waals surface area contributed by atoms with Crippen molar-refractivity contribution in [3.63, 3.8) is 0 Å². The van der Waals surface area contributed by atoms with Crippen molar-refractivity contribution in [2.75, 3.05) is 26.4 Å². The summed E-state index contributed by atoms with van der Waals surface area (Å²) in [5.41, 5.74) is 0. The Morgan fingerprint density at radius 1 is 0.439 bits per heavy atom. The van der Waals surface area contributed by atoms with Gasteiger partial charge in [-0.1, -0.05) is 170 Å². The molecule has 19 nitrogen and oxygen atoms in total. The van der Waals surface area contributed by atoms with E-state index in [0.29, 0.717) is 12.8 Å². The number of hydrogen-bond acceptors (Lipinski definition) is 18. The Hall–Kier alpha value is -2.77. The number of aliphatic hydroxyl groups is 11. The molecule has 0 aromatic carbocycles. The second-order valence-corrected chi connectivity index (χ2v) is 22.1. The van der Waals surface area contributed by atoms with Crippen LogP contribution >= 0.6 is 0 Å². The molecule has 3 saturated heterocycles. The number of aliphatic hydroxyl groups excluding tert-OH is 11. The summed E-state index contributed by atoms with van der Waals surface area (Å²) in [6.07, 6.45) is 27.3. The van der Waals surface area contributed by atoms with Crippen molar-refractivity contribution >= 4 is 5.91 Å². The zero-order valence-corrected chi connectivity index (χ0v) is 49.4. The van der Waals surface area contributed by atoms with Crippen LogP contribution in [0.15, 0.2) is 72.9 Å². The minimum absolute atomic E-state index is 0.214. The molecular weight excluding hydrogens is 1060 g/mol. The molecule has 82 heavy (non-hydrogen) atoms. The first-order valence-corrected chi connectivity index (χ1v) is 31.2. The van der Waals surface area contributed by atoms with Crippen molar-refractivity contribution in [1.82, 2.24) is 5.32 Å². The molecule has 17 atom stereocenters. The van der Waals surface area contributed by atoms with Crippen LogP contribution in [-0.4, -0.2) is 193 Å². The van der Waals surface area contributed by atoms with E-state index in [1.807, 2.05) is 6.08 Å². The maximum Gasteiger partial charge on any atom is 0.220 e. The lowest BCUT2D eigenvalue weighted by atomic mass is 9.96. The van der Waals surface area contributed by atoms with Gasteiger partial charge in [0.05, 0.1) is 38.6 Å². The van der Waals surface area contributed by atoms with Crippen molar-refractivity contribution in [3.05, 3.63) is 72.9 Å². The molecule has 1 amide bonds. The van der Waals surface area contributed by atoms with Crippen LogP contribution in [0.1, 0.15) is 187 Å². The van der Waals surface area contributed by atoms with Gasteiger partial charge in [-0.15, -0.1) is 0 Å². The maximum absolute atomic E-state index is 13.3. The number of unbranched alkanes of at least 4 members (excludes halogenated alkanes) is 19. The zero-order chi connectivity index (χ0) is 59.7. The Bertz CT molecular complexity index is 1780. The molecule has 3 aliphatic rings. The molecule has 3 heterocycles. The largest absolute Gasteiger partial charge is 0.394 e. The summed E-state index contributed by atoms with van der Waals surface area (Å²) in [6, 6.07) is -1.01. The van der Waals surface area contributed by atoms with Crippen LogP contribution in [0.2, 0.25) is 0 Å². The second-order valence-electron chi connectivity index (χ2n) is 22.1. The summed E-state index contributed by atoms with van der Waals surface area (Å²) in [7, 11) is 0. The van der Waals surface area contributed by atoms with Crippen molar-refractivity contribution in [2.45, 2.75) is 291 Å². The first-order valence-electron chi connectivity index (χ1n) is 31.2. The third-order valence-electron chi connectivity index (χ3n) is 15.2. The lowest BCUT2D eigenvalue weighted by Gasteiger charge is -2.48. The van der Waals surface area contributed by atoms with Crippen molar-refractivity contribution in [2.24, 2.45) is 0 Å². The summed E-state index contributed by atoms with van der Waals surface area (Å²) < 4.78 is 34.2. The van der Waals surface area contributed by atoms with Crippen LogP contribution in [0.5, 0.6) is 0 Å². The monoisotopic (exact) mass is 1170 g/mol. The number of hydrogen-bond donors (Lipinski definition) is 12. The van der Waals surface area contributed by atoms with E-state index >= 15 is 0 Å². The summed E-state index contributed by atoms with van der Waals surface area (Å²) in [5.74, 6) is -0.305. The Balaban J connectivity index is 1.51. The predicted octanol–water partition coefficient (Wildman–Crippen LogP) is 6.21. The van der Waals surface area contributed by atoms with E-state index in [0.717, 1.165) is 77.0 Å². The molecule has 19 heteroatoms. The number of rotatable bonds is 45. The molecule has 474 valence electrons. The molecule has 12 N–H and O–H groups in total. The minimum atomic E-state index is -1.99. The lowest BCUT2D eigenvalue weighted by molar-refractivity contribution is -0.379. The highest BCUT2D eigenvalue weighted by atomic mass is 16.8. The Kier molecular flexibility index (Phi) is 40.8. The molecule has 0 spiro atoms. The van der Waals surface area contributed by atoms with E-state index in [1.165, 1.54) is 77.0 Å². The minimum Gasteiger partial charge on any atom is -0.394 e. The highest BCUT2D eigenvalue weighted by Gasteiger charge is 2.53. The van der Waals surface area contributed by atoms with Crippen LogP contribution in [0.25, 0.3) is 0 Å². The van der Waals surface area contributed by atoms with E-state index in [1.54, 1.807) is 6.08 Å². The van der Waals surface area contributed by atoms with Crippen LogP contribution in [0.3, 0.4) is 0 Å². The first kappa shape index (κ1) is 73.5. The molecule has 3 aliphatic heterocycles. The van der Waals surface area contributed by atoms with Gasteiger partial charge in [-0.05, 0) is 83.5 Å². The summed E-state index contributed by atoms with van der Waals surface area (Å²) in [4.78, 5) is 13.3. The van der Waals surface area contributed by atoms with Crippen LogP contribution in [0, 0.1) is 0 Å². The number of allylic oxidation sites excluding steroid dienone is 11. The first-order chi connectivity index (χ1) is 39.8. The number of carbonyl (C=O) groups excluding carboxylic acids is 1. The molecule has 0 saturated carbocycles. The van der Waals surface area contributed by atoms with Crippen molar-refractivity contribution in [1.29, 1.82) is 0 Å². The molecule has 17 unspecified atom stereocenters. The molecule has 0 aromatic heterocycles. The third-order valence-corrected chi connectivity index (χ3v) is 15.2. The Labute approximate surface area is 489 Å². The smallest absolute Gasteiger partial charge is 0.220 e. The normalized spacial score (nSPS) is 30.1. The maximum atomic E-state index is 13.3. The second kappa shape index (κ2) is 45.5. The van der Waals surface area contributed by atoms with Gasteiger partial charge in [-0.25, -0.2) is 0 Å². The molecule has 3 rings (SSSR count). The topological polar surface area (TPSA) is 307 Å². The van der Waals surface area contributed by atoms with Gasteiger partial charge in [0.2, 0.25) is 5.91 Å².